The minimum atomic E-state index is -1.12. The second-order valence-electron chi connectivity index (χ2n) is 10.2. The first-order valence-electron chi connectivity index (χ1n) is 11.4. The van der Waals surface area contributed by atoms with Gasteiger partial charge >= 0.3 is 23.9 Å². The van der Waals surface area contributed by atoms with E-state index in [0.717, 1.165) is 0 Å². The second kappa shape index (κ2) is 9.08. The molecule has 9 nitrogen and oxygen atoms in total. The van der Waals surface area contributed by atoms with Gasteiger partial charge < -0.3 is 24.1 Å². The third-order valence-electron chi connectivity index (χ3n) is 7.35. The van der Waals surface area contributed by atoms with Crippen LogP contribution in [0.5, 0.6) is 0 Å². The predicted octanol–water partition coefficient (Wildman–Crippen LogP) is 1.94. The highest BCUT2D eigenvalue weighted by Gasteiger charge is 2.69. The normalized spacial score (nSPS) is 39.9. The van der Waals surface area contributed by atoms with E-state index in [1.54, 1.807) is 13.8 Å². The van der Waals surface area contributed by atoms with E-state index in [1.807, 2.05) is 13.8 Å². The molecule has 0 bridgehead atoms. The Bertz CT molecular complexity index is 849. The van der Waals surface area contributed by atoms with E-state index in [2.05, 4.69) is 6.58 Å². The summed E-state index contributed by atoms with van der Waals surface area (Å²) >= 11 is 0. The molecule has 0 radical (unpaired) electrons. The van der Waals surface area contributed by atoms with Crippen LogP contribution < -0.4 is 0 Å². The summed E-state index contributed by atoms with van der Waals surface area (Å²) in [4.78, 5) is 49.1. The fraction of sp³-hybridized carbons (Fsp3) is 0.750. The summed E-state index contributed by atoms with van der Waals surface area (Å²) in [7, 11) is 0. The molecule has 1 aliphatic heterocycles. The summed E-state index contributed by atoms with van der Waals surface area (Å²) < 4.78 is 22.8. The summed E-state index contributed by atoms with van der Waals surface area (Å²) in [6.07, 6.45) is -4.25. The van der Waals surface area contributed by atoms with Crippen LogP contribution in [0.1, 0.15) is 54.4 Å². The number of carbonyl (C=O) groups excluding carboxylic acids is 4. The molecule has 3 aliphatic rings. The van der Waals surface area contributed by atoms with Gasteiger partial charge in [-0.25, -0.2) is 4.79 Å². The van der Waals surface area contributed by atoms with Crippen molar-refractivity contribution >= 4 is 23.9 Å². The molecule has 9 heteroatoms. The van der Waals surface area contributed by atoms with E-state index in [4.69, 9.17) is 18.9 Å². The average molecular weight is 467 g/mol. The second-order valence-corrected chi connectivity index (χ2v) is 10.2. The first-order valence-corrected chi connectivity index (χ1v) is 11.4. The number of aliphatic hydroxyl groups is 1. The van der Waals surface area contributed by atoms with Gasteiger partial charge in [-0.2, -0.15) is 0 Å². The lowest BCUT2D eigenvalue weighted by Gasteiger charge is -2.43. The Kier molecular flexibility index (Phi) is 6.94. The molecule has 0 aromatic heterocycles. The highest BCUT2D eigenvalue weighted by molar-refractivity contribution is 5.91. The molecule has 3 fully saturated rings. The number of hydrogen-bond donors (Lipinski definition) is 1. The van der Waals surface area contributed by atoms with E-state index in [1.165, 1.54) is 13.8 Å². The van der Waals surface area contributed by atoms with Crippen molar-refractivity contribution < 1.29 is 43.2 Å². The zero-order chi connectivity index (χ0) is 24.8. The average Bonchev–Trinajstić information content (AvgIpc) is 3.07. The van der Waals surface area contributed by atoms with Crippen LogP contribution in [-0.2, 0) is 38.1 Å². The lowest BCUT2D eigenvalue weighted by atomic mass is 9.66. The summed E-state index contributed by atoms with van der Waals surface area (Å²) in [5, 5.41) is 11.3. The van der Waals surface area contributed by atoms with Gasteiger partial charge in [-0.1, -0.05) is 34.3 Å². The smallest absolute Gasteiger partial charge is 0.334 e. The van der Waals surface area contributed by atoms with Gasteiger partial charge in [-0.3, -0.25) is 14.4 Å². The molecule has 184 valence electrons. The van der Waals surface area contributed by atoms with E-state index in [-0.39, 0.29) is 24.3 Å². The van der Waals surface area contributed by atoms with Crippen molar-refractivity contribution in [3.8, 4) is 0 Å². The standard InChI is InChI=1S/C24H34O9/c1-10(2)8-17(28)32-15-9-16(27)24(7)19(15)12(4)20(30-13(5)25)21-18(11(3)23(29)33-21)22(24)31-14(6)26/h10,12,15-16,18-22,27H,3,8-9H2,1-2,4-7H3. The maximum absolute atomic E-state index is 12.5. The first kappa shape index (κ1) is 25.2. The molecular formula is C24H34O9. The molecule has 0 aromatic carbocycles. The Hall–Kier alpha value is -2.42. The molecule has 3 rings (SSSR count). The highest BCUT2D eigenvalue weighted by atomic mass is 16.6. The van der Waals surface area contributed by atoms with E-state index in [0.29, 0.717) is 0 Å². The minimum Gasteiger partial charge on any atom is -0.462 e. The number of hydrogen-bond acceptors (Lipinski definition) is 9. The molecule has 1 N–H and O–H groups in total. The number of carbonyl (C=O) groups is 4. The van der Waals surface area contributed by atoms with Gasteiger partial charge in [0.15, 0.2) is 0 Å². The molecule has 0 spiro atoms. The largest absolute Gasteiger partial charge is 0.462 e. The molecule has 2 saturated carbocycles. The molecular weight excluding hydrogens is 432 g/mol. The third kappa shape index (κ3) is 4.39. The SMILES string of the molecule is C=C1C(=O)OC2C(OC(C)=O)C(C)C3C(OC(=O)CC(C)C)CC(O)C3(C)C(OC(C)=O)C12. The van der Waals surface area contributed by atoms with Crippen molar-refractivity contribution in [2.75, 3.05) is 0 Å². The molecule has 33 heavy (non-hydrogen) atoms. The molecule has 1 saturated heterocycles. The van der Waals surface area contributed by atoms with Gasteiger partial charge in [-0.15, -0.1) is 0 Å². The van der Waals surface area contributed by atoms with Crippen molar-refractivity contribution in [3.05, 3.63) is 12.2 Å². The van der Waals surface area contributed by atoms with Gasteiger partial charge in [0.05, 0.1) is 12.0 Å². The van der Waals surface area contributed by atoms with Crippen LogP contribution >= 0.6 is 0 Å². The van der Waals surface area contributed by atoms with E-state index in [9.17, 15) is 24.3 Å². The zero-order valence-corrected chi connectivity index (χ0v) is 20.0. The molecule has 1 heterocycles. The van der Waals surface area contributed by atoms with Crippen molar-refractivity contribution in [2.45, 2.75) is 84.9 Å². The van der Waals surface area contributed by atoms with Crippen LogP contribution in [0, 0.1) is 29.1 Å². The molecule has 2 aliphatic carbocycles. The Labute approximate surface area is 193 Å². The number of ether oxygens (including phenoxy) is 4. The van der Waals surface area contributed by atoms with Gasteiger partial charge in [0, 0.05) is 49.5 Å². The molecule has 0 aromatic rings. The van der Waals surface area contributed by atoms with E-state index >= 15 is 0 Å². The van der Waals surface area contributed by atoms with Crippen LogP contribution in [0.15, 0.2) is 12.2 Å². The summed E-state index contributed by atoms with van der Waals surface area (Å²) in [6.45, 7) is 13.7. The summed E-state index contributed by atoms with van der Waals surface area (Å²) in [5.41, 5.74) is -1.03. The highest BCUT2D eigenvalue weighted by Crippen LogP contribution is 2.59. The van der Waals surface area contributed by atoms with E-state index < -0.39 is 77.6 Å². The molecule has 0 amide bonds. The maximum atomic E-state index is 12.5. The Morgan fingerprint density at radius 2 is 1.79 bits per heavy atom. The third-order valence-corrected chi connectivity index (χ3v) is 7.35. The van der Waals surface area contributed by atoms with Crippen LogP contribution in [0.3, 0.4) is 0 Å². The van der Waals surface area contributed by atoms with Crippen molar-refractivity contribution in [3.63, 3.8) is 0 Å². The van der Waals surface area contributed by atoms with Crippen molar-refractivity contribution in [1.82, 2.24) is 0 Å². The molecule has 9 unspecified atom stereocenters. The summed E-state index contributed by atoms with van der Waals surface area (Å²) in [6, 6.07) is 0. The number of aliphatic hydroxyl groups excluding tert-OH is 1. The Balaban J connectivity index is 2.13. The van der Waals surface area contributed by atoms with Gasteiger partial charge in [0.25, 0.3) is 0 Å². The van der Waals surface area contributed by atoms with Gasteiger partial charge in [0.2, 0.25) is 0 Å². The van der Waals surface area contributed by atoms with Crippen LogP contribution in [-0.4, -0.2) is 59.5 Å². The lowest BCUT2D eigenvalue weighted by Crippen LogP contribution is -2.51. The Morgan fingerprint density at radius 3 is 2.33 bits per heavy atom. The topological polar surface area (TPSA) is 125 Å². The summed E-state index contributed by atoms with van der Waals surface area (Å²) in [5.74, 6) is -4.02. The maximum Gasteiger partial charge on any atom is 0.334 e. The number of fused-ring (bicyclic) bond motifs is 2. The lowest BCUT2D eigenvalue weighted by molar-refractivity contribution is -0.171. The molecule has 9 atom stereocenters. The quantitative estimate of drug-likeness (QED) is 0.367. The van der Waals surface area contributed by atoms with Crippen LogP contribution in [0.25, 0.3) is 0 Å². The first-order chi connectivity index (χ1) is 15.3. The minimum absolute atomic E-state index is 0.0879. The predicted molar refractivity (Wildman–Crippen MR) is 114 cm³/mol. The van der Waals surface area contributed by atoms with Gasteiger partial charge in [0.1, 0.15) is 24.4 Å². The number of rotatable bonds is 5. The fourth-order valence-electron chi connectivity index (χ4n) is 6.07. The Morgan fingerprint density at radius 1 is 1.18 bits per heavy atom. The van der Waals surface area contributed by atoms with Crippen molar-refractivity contribution in [1.29, 1.82) is 0 Å². The number of esters is 4. The zero-order valence-electron chi connectivity index (χ0n) is 20.0. The van der Waals surface area contributed by atoms with Gasteiger partial charge in [-0.05, 0) is 5.92 Å². The van der Waals surface area contributed by atoms with Crippen LogP contribution in [0.2, 0.25) is 0 Å². The monoisotopic (exact) mass is 466 g/mol. The fourth-order valence-corrected chi connectivity index (χ4v) is 6.07. The van der Waals surface area contributed by atoms with Crippen molar-refractivity contribution in [2.24, 2.45) is 29.1 Å². The van der Waals surface area contributed by atoms with Crippen LogP contribution in [0.4, 0.5) is 0 Å².